The van der Waals surface area contributed by atoms with Gasteiger partial charge in [0.2, 0.25) is 0 Å². The van der Waals surface area contributed by atoms with Crippen molar-refractivity contribution in [3.63, 3.8) is 0 Å². The van der Waals surface area contributed by atoms with Crippen molar-refractivity contribution in [2.75, 3.05) is 7.11 Å². The minimum atomic E-state index is -0.0604. The summed E-state index contributed by atoms with van der Waals surface area (Å²) in [5.41, 5.74) is 4.04. The molecule has 0 radical (unpaired) electrons. The monoisotopic (exact) mass is 283 g/mol. The second-order valence-electron chi connectivity index (χ2n) is 5.18. The maximum atomic E-state index is 12.3. The third-order valence-electron chi connectivity index (χ3n) is 3.53. The Labute approximate surface area is 126 Å². The molecule has 0 aliphatic rings. The van der Waals surface area contributed by atoms with Crippen LogP contribution in [0.4, 0.5) is 0 Å². The van der Waals surface area contributed by atoms with Crippen LogP contribution >= 0.6 is 0 Å². The summed E-state index contributed by atoms with van der Waals surface area (Å²) in [5, 5.41) is 3.03. The highest BCUT2D eigenvalue weighted by molar-refractivity contribution is 5.94. The number of hydrogen-bond acceptors (Lipinski definition) is 2. The summed E-state index contributed by atoms with van der Waals surface area (Å²) in [5.74, 6) is -0.0604. The minimum Gasteiger partial charge on any atom is -0.380 e. The number of hydrogen-bond donors (Lipinski definition) is 1. The first-order chi connectivity index (χ1) is 10.1. The summed E-state index contributed by atoms with van der Waals surface area (Å²) in [7, 11) is 1.66. The van der Waals surface area contributed by atoms with Crippen LogP contribution in [-0.2, 0) is 11.3 Å². The fraction of sp³-hybridized carbons (Fsp3) is 0.278. The van der Waals surface area contributed by atoms with Crippen LogP contribution in [0.5, 0.6) is 0 Å². The second kappa shape index (κ2) is 7.04. The summed E-state index contributed by atoms with van der Waals surface area (Å²) < 4.78 is 5.06. The molecule has 21 heavy (non-hydrogen) atoms. The maximum Gasteiger partial charge on any atom is 0.251 e. The molecule has 2 aromatic carbocycles. The molecule has 3 nitrogen and oxygen atoms in total. The number of aryl methyl sites for hydroxylation is 1. The number of amides is 1. The van der Waals surface area contributed by atoms with Gasteiger partial charge in [-0.15, -0.1) is 0 Å². The van der Waals surface area contributed by atoms with Crippen LogP contribution in [0.25, 0.3) is 0 Å². The zero-order valence-corrected chi connectivity index (χ0v) is 12.7. The number of carbonyl (C=O) groups excluding carboxylic acids is 1. The fourth-order valence-corrected chi connectivity index (χ4v) is 2.35. The van der Waals surface area contributed by atoms with E-state index < -0.39 is 0 Å². The Bertz CT molecular complexity index is 605. The van der Waals surface area contributed by atoms with E-state index in [1.54, 1.807) is 7.11 Å². The van der Waals surface area contributed by atoms with Gasteiger partial charge in [0.1, 0.15) is 0 Å². The molecule has 0 aromatic heterocycles. The number of nitrogens with one attached hydrogen (secondary N) is 1. The molecule has 0 unspecified atom stereocenters. The average molecular weight is 283 g/mol. The second-order valence-corrected chi connectivity index (χ2v) is 5.18. The zero-order valence-electron chi connectivity index (χ0n) is 12.7. The highest BCUT2D eigenvalue weighted by Crippen LogP contribution is 2.17. The molecule has 1 atom stereocenters. The molecule has 0 aliphatic heterocycles. The first-order valence-corrected chi connectivity index (χ1v) is 7.06. The first-order valence-electron chi connectivity index (χ1n) is 7.06. The van der Waals surface area contributed by atoms with Crippen LogP contribution in [0.1, 0.15) is 40.0 Å². The summed E-state index contributed by atoms with van der Waals surface area (Å²) in [6.07, 6.45) is 0. The number of ether oxygens (including phenoxy) is 1. The van der Waals surface area contributed by atoms with E-state index >= 15 is 0 Å². The molecule has 0 saturated carbocycles. The number of carbonyl (C=O) groups is 1. The Morgan fingerprint density at radius 2 is 1.81 bits per heavy atom. The predicted octanol–water partition coefficient (Wildman–Crippen LogP) is 3.63. The minimum absolute atomic E-state index is 0.0163. The quantitative estimate of drug-likeness (QED) is 0.910. The van der Waals surface area contributed by atoms with Gasteiger partial charge in [-0.1, -0.05) is 36.4 Å². The van der Waals surface area contributed by atoms with Gasteiger partial charge in [0.15, 0.2) is 0 Å². The number of methoxy groups -OCH3 is 1. The van der Waals surface area contributed by atoms with Gasteiger partial charge in [0, 0.05) is 12.7 Å². The van der Waals surface area contributed by atoms with E-state index in [1.165, 1.54) is 5.56 Å². The lowest BCUT2D eigenvalue weighted by molar-refractivity contribution is 0.0939. The van der Waals surface area contributed by atoms with Gasteiger partial charge in [-0.25, -0.2) is 0 Å². The third-order valence-corrected chi connectivity index (χ3v) is 3.53. The lowest BCUT2D eigenvalue weighted by atomic mass is 10.0. The van der Waals surface area contributed by atoms with E-state index in [0.29, 0.717) is 12.2 Å². The number of benzene rings is 2. The molecular weight excluding hydrogens is 262 g/mol. The Kier molecular flexibility index (Phi) is 5.12. The highest BCUT2D eigenvalue weighted by Gasteiger charge is 2.12. The van der Waals surface area contributed by atoms with Crippen molar-refractivity contribution in [3.8, 4) is 0 Å². The molecule has 1 N–H and O–H groups in total. The molecule has 2 rings (SSSR count). The molecule has 0 aliphatic carbocycles. The van der Waals surface area contributed by atoms with Crippen molar-refractivity contribution in [2.45, 2.75) is 26.5 Å². The Hall–Kier alpha value is -2.13. The lowest BCUT2D eigenvalue weighted by Crippen LogP contribution is -2.27. The van der Waals surface area contributed by atoms with E-state index in [-0.39, 0.29) is 11.9 Å². The molecule has 110 valence electrons. The topological polar surface area (TPSA) is 38.3 Å². The van der Waals surface area contributed by atoms with Crippen molar-refractivity contribution < 1.29 is 9.53 Å². The van der Waals surface area contributed by atoms with Crippen molar-refractivity contribution in [2.24, 2.45) is 0 Å². The Morgan fingerprint density at radius 3 is 2.43 bits per heavy atom. The summed E-state index contributed by atoms with van der Waals surface area (Å²) in [6.45, 7) is 4.61. The summed E-state index contributed by atoms with van der Waals surface area (Å²) in [4.78, 5) is 12.3. The van der Waals surface area contributed by atoms with E-state index in [9.17, 15) is 4.79 Å². The molecule has 0 bridgehead atoms. The number of rotatable bonds is 5. The van der Waals surface area contributed by atoms with E-state index in [1.807, 2.05) is 49.4 Å². The van der Waals surface area contributed by atoms with E-state index in [2.05, 4.69) is 18.3 Å². The van der Waals surface area contributed by atoms with Crippen LogP contribution in [0.2, 0.25) is 0 Å². The largest absolute Gasteiger partial charge is 0.380 e. The van der Waals surface area contributed by atoms with Gasteiger partial charge < -0.3 is 10.1 Å². The van der Waals surface area contributed by atoms with E-state index in [4.69, 9.17) is 4.74 Å². The molecule has 3 heteroatoms. The van der Waals surface area contributed by atoms with Gasteiger partial charge in [-0.3, -0.25) is 4.79 Å². The van der Waals surface area contributed by atoms with Gasteiger partial charge >= 0.3 is 0 Å². The molecule has 0 fully saturated rings. The van der Waals surface area contributed by atoms with Crippen molar-refractivity contribution in [1.82, 2.24) is 5.32 Å². The molecule has 0 heterocycles. The maximum absolute atomic E-state index is 12.3. The van der Waals surface area contributed by atoms with Crippen molar-refractivity contribution in [1.29, 1.82) is 0 Å². The first kappa shape index (κ1) is 15.3. The highest BCUT2D eigenvalue weighted by atomic mass is 16.5. The molecule has 1 amide bonds. The van der Waals surface area contributed by atoms with Crippen molar-refractivity contribution >= 4 is 5.91 Å². The normalized spacial score (nSPS) is 12.0. The lowest BCUT2D eigenvalue weighted by Gasteiger charge is -2.16. The standard InChI is InChI=1S/C18H21NO2/c1-13-6-4-5-7-17(13)14(2)19-18(20)16-10-8-15(9-11-16)12-21-3/h4-11,14H,12H2,1-3H3,(H,19,20)/t14-/m1/s1. The van der Waals surface area contributed by atoms with E-state index in [0.717, 1.165) is 11.1 Å². The van der Waals surface area contributed by atoms with Crippen LogP contribution in [0, 0.1) is 6.92 Å². The third kappa shape index (κ3) is 3.92. The molecule has 2 aromatic rings. The smallest absolute Gasteiger partial charge is 0.251 e. The van der Waals surface area contributed by atoms with Gasteiger partial charge in [-0.05, 0) is 42.7 Å². The van der Waals surface area contributed by atoms with Crippen LogP contribution in [-0.4, -0.2) is 13.0 Å². The Balaban J connectivity index is 2.05. The summed E-state index contributed by atoms with van der Waals surface area (Å²) >= 11 is 0. The van der Waals surface area contributed by atoms with Crippen LogP contribution in [0.3, 0.4) is 0 Å². The van der Waals surface area contributed by atoms with Gasteiger partial charge in [-0.2, -0.15) is 0 Å². The van der Waals surface area contributed by atoms with Gasteiger partial charge in [0.25, 0.3) is 5.91 Å². The fourth-order valence-electron chi connectivity index (χ4n) is 2.35. The van der Waals surface area contributed by atoms with Crippen LogP contribution in [0.15, 0.2) is 48.5 Å². The van der Waals surface area contributed by atoms with Crippen LogP contribution < -0.4 is 5.32 Å². The zero-order chi connectivity index (χ0) is 15.2. The predicted molar refractivity (Wildman–Crippen MR) is 84.2 cm³/mol. The average Bonchev–Trinajstić information content (AvgIpc) is 2.48. The Morgan fingerprint density at radius 1 is 1.14 bits per heavy atom. The SMILES string of the molecule is COCc1ccc(C(=O)N[C@H](C)c2ccccc2C)cc1. The van der Waals surface area contributed by atoms with Crippen molar-refractivity contribution in [3.05, 3.63) is 70.8 Å². The summed E-state index contributed by atoms with van der Waals surface area (Å²) in [6, 6.07) is 15.6. The van der Waals surface area contributed by atoms with Gasteiger partial charge in [0.05, 0.1) is 12.6 Å². The molecule has 0 spiro atoms. The molecular formula is C18H21NO2. The molecule has 0 saturated heterocycles.